The monoisotopic (exact) mass is 667 g/mol. The molecule has 226 valence electrons. The SMILES string of the molecule is CCC(Sc1cccc(NC(=O)/C(=C\c2c(Cl)cccc2Cl)NC(=O)c2ccccc2)c1)C(=O)Nc1cc(Cl)ccc1OC. The lowest BCUT2D eigenvalue weighted by molar-refractivity contribution is -0.116. The first-order valence-corrected chi connectivity index (χ1v) is 15.4. The molecule has 0 saturated heterocycles. The van der Waals surface area contributed by atoms with Crippen LogP contribution in [0.15, 0.2) is 102 Å². The Balaban J connectivity index is 1.54. The van der Waals surface area contributed by atoms with E-state index in [1.807, 2.05) is 13.0 Å². The fraction of sp³-hybridized carbons (Fsp3) is 0.121. The maximum Gasteiger partial charge on any atom is 0.272 e. The van der Waals surface area contributed by atoms with Crippen LogP contribution in [0.1, 0.15) is 29.3 Å². The minimum absolute atomic E-state index is 0.0619. The van der Waals surface area contributed by atoms with Gasteiger partial charge in [-0.3, -0.25) is 14.4 Å². The first kappa shape index (κ1) is 33.0. The van der Waals surface area contributed by atoms with E-state index in [4.69, 9.17) is 39.5 Å². The molecule has 4 aromatic carbocycles. The zero-order valence-electron chi connectivity index (χ0n) is 23.7. The van der Waals surface area contributed by atoms with Gasteiger partial charge in [0.15, 0.2) is 0 Å². The molecule has 0 aliphatic heterocycles. The van der Waals surface area contributed by atoms with E-state index in [-0.39, 0.29) is 11.6 Å². The molecular weight excluding hydrogens is 641 g/mol. The van der Waals surface area contributed by atoms with Gasteiger partial charge in [0, 0.05) is 36.8 Å². The predicted molar refractivity (Wildman–Crippen MR) is 180 cm³/mol. The first-order valence-electron chi connectivity index (χ1n) is 13.4. The number of amides is 3. The van der Waals surface area contributed by atoms with Crippen molar-refractivity contribution >= 4 is 81.7 Å². The molecule has 1 unspecified atom stereocenters. The van der Waals surface area contributed by atoms with Gasteiger partial charge in [0.05, 0.1) is 18.0 Å². The number of anilines is 2. The summed E-state index contributed by atoms with van der Waals surface area (Å²) in [6.45, 7) is 1.91. The molecule has 0 bridgehead atoms. The van der Waals surface area contributed by atoms with E-state index in [9.17, 15) is 14.4 Å². The summed E-state index contributed by atoms with van der Waals surface area (Å²) in [4.78, 5) is 40.4. The highest BCUT2D eigenvalue weighted by molar-refractivity contribution is 8.00. The summed E-state index contributed by atoms with van der Waals surface area (Å²) in [5.74, 6) is -0.801. The van der Waals surface area contributed by atoms with Crippen LogP contribution < -0.4 is 20.7 Å². The molecule has 0 aliphatic carbocycles. The molecular formula is C33H28Cl3N3O4S. The van der Waals surface area contributed by atoms with Gasteiger partial charge in [-0.05, 0) is 73.2 Å². The molecule has 7 nitrogen and oxygen atoms in total. The van der Waals surface area contributed by atoms with Crippen molar-refractivity contribution < 1.29 is 19.1 Å². The molecule has 11 heteroatoms. The van der Waals surface area contributed by atoms with Crippen LogP contribution in [0.2, 0.25) is 15.1 Å². The second-order valence-electron chi connectivity index (χ2n) is 9.34. The van der Waals surface area contributed by atoms with Gasteiger partial charge in [-0.2, -0.15) is 0 Å². The number of hydrogen-bond acceptors (Lipinski definition) is 5. The van der Waals surface area contributed by atoms with E-state index < -0.39 is 17.1 Å². The summed E-state index contributed by atoms with van der Waals surface area (Å²) in [6, 6.07) is 25.5. The van der Waals surface area contributed by atoms with Gasteiger partial charge < -0.3 is 20.7 Å². The molecule has 0 aromatic heterocycles. The number of hydrogen-bond donors (Lipinski definition) is 3. The van der Waals surface area contributed by atoms with Gasteiger partial charge in [-0.1, -0.05) is 72.1 Å². The van der Waals surface area contributed by atoms with E-state index in [0.29, 0.717) is 49.7 Å². The summed E-state index contributed by atoms with van der Waals surface area (Å²) in [5.41, 5.74) is 1.62. The summed E-state index contributed by atoms with van der Waals surface area (Å²) in [5, 5.41) is 9.04. The third kappa shape index (κ3) is 8.80. The molecule has 0 aliphatic rings. The van der Waals surface area contributed by atoms with E-state index in [1.54, 1.807) is 84.9 Å². The van der Waals surface area contributed by atoms with Crippen molar-refractivity contribution in [2.45, 2.75) is 23.5 Å². The molecule has 0 fully saturated rings. The Kier molecular flexibility index (Phi) is 11.7. The standard InChI is InChI=1S/C33H28Cl3N3O4S/c1-3-30(33(42)38-27-17-21(34)15-16-29(27)43-2)44-23-12-7-11-22(18-23)37-32(41)28(19-24-25(35)13-8-14-26(24)36)39-31(40)20-9-5-4-6-10-20/h4-19,30H,3H2,1-2H3,(H,37,41)(H,38,42)(H,39,40)/b28-19+. The number of carbonyl (C=O) groups excluding carboxylic acids is 3. The minimum Gasteiger partial charge on any atom is -0.495 e. The van der Waals surface area contributed by atoms with Crippen molar-refractivity contribution in [1.29, 1.82) is 0 Å². The lowest BCUT2D eigenvalue weighted by Gasteiger charge is -2.17. The van der Waals surface area contributed by atoms with Crippen LogP contribution in [-0.2, 0) is 9.59 Å². The fourth-order valence-corrected chi connectivity index (χ4v) is 5.75. The fourth-order valence-electron chi connectivity index (χ4n) is 4.06. The molecule has 44 heavy (non-hydrogen) atoms. The van der Waals surface area contributed by atoms with E-state index in [0.717, 1.165) is 4.90 Å². The van der Waals surface area contributed by atoms with Crippen molar-refractivity contribution in [3.05, 3.63) is 123 Å². The maximum atomic E-state index is 13.5. The quantitative estimate of drug-likeness (QED) is 0.110. The van der Waals surface area contributed by atoms with Gasteiger partial charge in [-0.25, -0.2) is 0 Å². The van der Waals surface area contributed by atoms with Gasteiger partial charge in [0.25, 0.3) is 11.8 Å². The zero-order chi connectivity index (χ0) is 31.6. The molecule has 4 aromatic rings. The maximum absolute atomic E-state index is 13.5. The highest BCUT2D eigenvalue weighted by Crippen LogP contribution is 2.32. The molecule has 3 amide bonds. The van der Waals surface area contributed by atoms with E-state index in [2.05, 4.69) is 16.0 Å². The summed E-state index contributed by atoms with van der Waals surface area (Å²) in [7, 11) is 1.52. The largest absolute Gasteiger partial charge is 0.495 e. The number of carbonyl (C=O) groups is 3. The predicted octanol–water partition coefficient (Wildman–Crippen LogP) is 8.57. The summed E-state index contributed by atoms with van der Waals surface area (Å²) in [6.07, 6.45) is 1.97. The third-order valence-electron chi connectivity index (χ3n) is 6.27. The van der Waals surface area contributed by atoms with Crippen molar-refractivity contribution in [2.75, 3.05) is 17.7 Å². The second kappa shape index (κ2) is 15.7. The van der Waals surface area contributed by atoms with Crippen LogP contribution in [0, 0.1) is 0 Å². The lowest BCUT2D eigenvalue weighted by atomic mass is 10.1. The average molecular weight is 669 g/mol. The highest BCUT2D eigenvalue weighted by atomic mass is 35.5. The number of nitrogens with one attached hydrogen (secondary N) is 3. The van der Waals surface area contributed by atoms with Gasteiger partial charge in [0.1, 0.15) is 11.4 Å². The van der Waals surface area contributed by atoms with Crippen molar-refractivity contribution in [3.63, 3.8) is 0 Å². The van der Waals surface area contributed by atoms with Crippen LogP contribution in [0.3, 0.4) is 0 Å². The Bertz CT molecular complexity index is 1680. The van der Waals surface area contributed by atoms with Crippen molar-refractivity contribution in [3.8, 4) is 5.75 Å². The van der Waals surface area contributed by atoms with E-state index >= 15 is 0 Å². The Morgan fingerprint density at radius 2 is 1.57 bits per heavy atom. The van der Waals surface area contributed by atoms with Gasteiger partial charge >= 0.3 is 0 Å². The first-order chi connectivity index (χ1) is 21.2. The second-order valence-corrected chi connectivity index (χ2v) is 11.9. The molecule has 1 atom stereocenters. The molecule has 3 N–H and O–H groups in total. The molecule has 0 saturated carbocycles. The average Bonchev–Trinajstić information content (AvgIpc) is 3.01. The third-order valence-corrected chi connectivity index (χ3v) is 8.52. The van der Waals surface area contributed by atoms with Gasteiger partial charge in [-0.15, -0.1) is 11.8 Å². The van der Waals surface area contributed by atoms with Crippen LogP contribution in [0.5, 0.6) is 5.75 Å². The zero-order valence-corrected chi connectivity index (χ0v) is 26.8. The lowest BCUT2D eigenvalue weighted by Crippen LogP contribution is -2.30. The van der Waals surface area contributed by atoms with Crippen LogP contribution in [0.25, 0.3) is 6.08 Å². The van der Waals surface area contributed by atoms with Crippen LogP contribution in [-0.4, -0.2) is 30.1 Å². The number of ether oxygens (including phenoxy) is 1. The Morgan fingerprint density at radius 3 is 2.25 bits per heavy atom. The van der Waals surface area contributed by atoms with Crippen molar-refractivity contribution in [1.82, 2.24) is 5.32 Å². The molecule has 0 radical (unpaired) electrons. The Hall–Kier alpha value is -3.95. The number of thioether (sulfide) groups is 1. The highest BCUT2D eigenvalue weighted by Gasteiger charge is 2.21. The smallest absolute Gasteiger partial charge is 0.272 e. The summed E-state index contributed by atoms with van der Waals surface area (Å²) >= 11 is 20.2. The normalized spacial score (nSPS) is 11.8. The van der Waals surface area contributed by atoms with Gasteiger partial charge in [0.2, 0.25) is 5.91 Å². The summed E-state index contributed by atoms with van der Waals surface area (Å²) < 4.78 is 5.34. The topological polar surface area (TPSA) is 96.5 Å². The minimum atomic E-state index is -0.592. The van der Waals surface area contributed by atoms with E-state index in [1.165, 1.54) is 24.9 Å². The van der Waals surface area contributed by atoms with Crippen LogP contribution >= 0.6 is 46.6 Å². The number of benzene rings is 4. The molecule has 0 heterocycles. The number of rotatable bonds is 11. The van der Waals surface area contributed by atoms with Crippen LogP contribution in [0.4, 0.5) is 11.4 Å². The Morgan fingerprint density at radius 1 is 0.864 bits per heavy atom. The molecule has 4 rings (SSSR count). The number of halogens is 3. The van der Waals surface area contributed by atoms with Crippen molar-refractivity contribution in [2.24, 2.45) is 0 Å². The molecule has 0 spiro atoms. The number of methoxy groups -OCH3 is 1. The Labute approximate surface area is 274 Å².